The van der Waals surface area contributed by atoms with Crippen molar-refractivity contribution in [2.24, 2.45) is 7.05 Å². The number of nitrogens with zero attached hydrogens (tertiary/aromatic N) is 4. The second-order valence-electron chi connectivity index (χ2n) is 5.19. The van der Waals surface area contributed by atoms with Crippen LogP contribution >= 0.6 is 0 Å². The summed E-state index contributed by atoms with van der Waals surface area (Å²) < 4.78 is 6.95. The Morgan fingerprint density at radius 2 is 2.26 bits per heavy atom. The Balaban J connectivity index is 1.96. The van der Waals surface area contributed by atoms with Gasteiger partial charge < -0.3 is 4.42 Å². The van der Waals surface area contributed by atoms with E-state index in [4.69, 9.17) is 4.42 Å². The van der Waals surface area contributed by atoms with Gasteiger partial charge in [-0.05, 0) is 24.3 Å². The molecule has 4 aromatic heterocycles. The number of imidazole rings is 1. The van der Waals surface area contributed by atoms with Crippen molar-refractivity contribution in [2.75, 3.05) is 0 Å². The lowest BCUT2D eigenvalue weighted by Gasteiger charge is -2.08. The van der Waals surface area contributed by atoms with Crippen molar-refractivity contribution in [3.05, 3.63) is 65.0 Å². The SMILES string of the molecule is Cn1c(=O)[nH]c2nc(Cc3ccco3)c(-c3ccncn3)cc21. The molecule has 4 heterocycles. The fourth-order valence-electron chi connectivity index (χ4n) is 2.57. The molecule has 0 spiro atoms. The second-order valence-corrected chi connectivity index (χ2v) is 5.19. The second kappa shape index (κ2) is 5.20. The van der Waals surface area contributed by atoms with Gasteiger partial charge >= 0.3 is 5.69 Å². The first-order valence-electron chi connectivity index (χ1n) is 7.10. The molecular formula is C16H13N5O2. The van der Waals surface area contributed by atoms with E-state index in [-0.39, 0.29) is 5.69 Å². The lowest BCUT2D eigenvalue weighted by molar-refractivity contribution is 0.519. The van der Waals surface area contributed by atoms with Crippen LogP contribution in [0.25, 0.3) is 22.4 Å². The third-order valence-corrected chi connectivity index (χ3v) is 3.75. The zero-order chi connectivity index (χ0) is 15.8. The first-order valence-corrected chi connectivity index (χ1v) is 7.10. The van der Waals surface area contributed by atoms with Crippen LogP contribution < -0.4 is 5.69 Å². The van der Waals surface area contributed by atoms with E-state index in [0.29, 0.717) is 12.1 Å². The number of hydrogen-bond donors (Lipinski definition) is 1. The van der Waals surface area contributed by atoms with Gasteiger partial charge in [-0.1, -0.05) is 0 Å². The Kier molecular flexibility index (Phi) is 3.04. The number of furan rings is 1. The molecule has 0 aromatic carbocycles. The van der Waals surface area contributed by atoms with Gasteiger partial charge in [0.25, 0.3) is 0 Å². The molecule has 0 fully saturated rings. The number of hydrogen-bond acceptors (Lipinski definition) is 5. The highest BCUT2D eigenvalue weighted by molar-refractivity contribution is 5.79. The van der Waals surface area contributed by atoms with Crippen LogP contribution in [0.1, 0.15) is 11.5 Å². The highest BCUT2D eigenvalue weighted by Crippen LogP contribution is 2.25. The zero-order valence-corrected chi connectivity index (χ0v) is 12.4. The molecule has 0 aliphatic heterocycles. The summed E-state index contributed by atoms with van der Waals surface area (Å²) in [7, 11) is 1.71. The Morgan fingerprint density at radius 3 is 3.00 bits per heavy atom. The lowest BCUT2D eigenvalue weighted by atomic mass is 10.1. The topological polar surface area (TPSA) is 89.6 Å². The van der Waals surface area contributed by atoms with E-state index < -0.39 is 0 Å². The van der Waals surface area contributed by atoms with Crippen molar-refractivity contribution >= 4 is 11.2 Å². The van der Waals surface area contributed by atoms with Crippen molar-refractivity contribution in [3.8, 4) is 11.3 Å². The van der Waals surface area contributed by atoms with Gasteiger partial charge in [0.15, 0.2) is 5.65 Å². The van der Waals surface area contributed by atoms with Crippen LogP contribution in [0.5, 0.6) is 0 Å². The summed E-state index contributed by atoms with van der Waals surface area (Å²) in [5.74, 6) is 0.797. The predicted molar refractivity (Wildman–Crippen MR) is 83.9 cm³/mol. The number of fused-ring (bicyclic) bond motifs is 1. The van der Waals surface area contributed by atoms with Gasteiger partial charge in [-0.2, -0.15) is 0 Å². The molecule has 0 atom stereocenters. The Bertz CT molecular complexity index is 1020. The van der Waals surface area contributed by atoms with Gasteiger partial charge in [0.1, 0.15) is 12.1 Å². The molecule has 0 radical (unpaired) electrons. The number of aryl methyl sites for hydroxylation is 1. The summed E-state index contributed by atoms with van der Waals surface area (Å²) in [6.07, 6.45) is 5.31. The van der Waals surface area contributed by atoms with Gasteiger partial charge in [-0.25, -0.2) is 19.7 Å². The molecule has 1 N–H and O–H groups in total. The quantitative estimate of drug-likeness (QED) is 0.624. The molecule has 114 valence electrons. The first-order chi connectivity index (χ1) is 11.2. The minimum Gasteiger partial charge on any atom is -0.469 e. The average molecular weight is 307 g/mol. The maximum atomic E-state index is 11.8. The summed E-state index contributed by atoms with van der Waals surface area (Å²) in [5, 5.41) is 0. The normalized spacial score (nSPS) is 11.2. The van der Waals surface area contributed by atoms with Gasteiger partial charge in [0.2, 0.25) is 0 Å². The molecule has 4 rings (SSSR count). The molecule has 7 nitrogen and oxygen atoms in total. The highest BCUT2D eigenvalue weighted by atomic mass is 16.3. The van der Waals surface area contributed by atoms with Gasteiger partial charge in [0, 0.05) is 25.2 Å². The van der Waals surface area contributed by atoms with Crippen LogP contribution in [0, 0.1) is 0 Å². The number of rotatable bonds is 3. The number of aromatic nitrogens is 5. The number of pyridine rings is 1. The largest absolute Gasteiger partial charge is 0.469 e. The number of aromatic amines is 1. The van der Waals surface area contributed by atoms with E-state index in [2.05, 4.69) is 19.9 Å². The number of H-pyrrole nitrogens is 1. The van der Waals surface area contributed by atoms with Crippen molar-refractivity contribution in [1.82, 2.24) is 24.5 Å². The van der Waals surface area contributed by atoms with Crippen molar-refractivity contribution < 1.29 is 4.42 Å². The summed E-state index contributed by atoms with van der Waals surface area (Å²) in [5.41, 5.74) is 3.48. The number of nitrogens with one attached hydrogen (secondary N) is 1. The summed E-state index contributed by atoms with van der Waals surface area (Å²) in [6.45, 7) is 0. The third kappa shape index (κ3) is 2.32. The molecule has 0 aliphatic rings. The molecule has 0 bridgehead atoms. The average Bonchev–Trinajstić information content (AvgIpc) is 3.17. The molecule has 0 saturated heterocycles. The standard InChI is InChI=1S/C16H13N5O2/c1-21-14-8-11(12-4-5-17-9-18-12)13(7-10-3-2-6-23-10)19-15(14)20-16(21)22/h2-6,8-9H,7H2,1H3,(H,19,20,22). The van der Waals surface area contributed by atoms with E-state index in [1.54, 1.807) is 19.5 Å². The minimum atomic E-state index is -0.198. The lowest BCUT2D eigenvalue weighted by Crippen LogP contribution is -2.11. The van der Waals surface area contributed by atoms with Crippen LogP contribution in [0.3, 0.4) is 0 Å². The molecule has 0 aliphatic carbocycles. The molecule has 0 saturated carbocycles. The van der Waals surface area contributed by atoms with Crippen molar-refractivity contribution in [1.29, 1.82) is 0 Å². The smallest absolute Gasteiger partial charge is 0.327 e. The molecule has 4 aromatic rings. The minimum absolute atomic E-state index is 0.198. The predicted octanol–water partition coefficient (Wildman–Crippen LogP) is 1.90. The summed E-state index contributed by atoms with van der Waals surface area (Å²) >= 11 is 0. The monoisotopic (exact) mass is 307 g/mol. The van der Waals surface area contributed by atoms with Crippen LogP contribution in [-0.2, 0) is 13.5 Å². The van der Waals surface area contributed by atoms with Gasteiger partial charge in [-0.15, -0.1) is 0 Å². The molecule has 7 heteroatoms. The van der Waals surface area contributed by atoms with E-state index in [1.165, 1.54) is 10.9 Å². The maximum Gasteiger partial charge on any atom is 0.327 e. The van der Waals surface area contributed by atoms with Gasteiger partial charge in [0.05, 0.1) is 23.2 Å². The fraction of sp³-hybridized carbons (Fsp3) is 0.125. The van der Waals surface area contributed by atoms with Crippen LogP contribution in [0.15, 0.2) is 52.3 Å². The molecule has 0 unspecified atom stereocenters. The van der Waals surface area contributed by atoms with E-state index in [9.17, 15) is 4.79 Å². The molecular weight excluding hydrogens is 294 g/mol. The van der Waals surface area contributed by atoms with Crippen LogP contribution in [-0.4, -0.2) is 24.5 Å². The van der Waals surface area contributed by atoms with Crippen LogP contribution in [0.2, 0.25) is 0 Å². The fourth-order valence-corrected chi connectivity index (χ4v) is 2.57. The first kappa shape index (κ1) is 13.4. The van der Waals surface area contributed by atoms with E-state index in [1.807, 2.05) is 24.3 Å². The maximum absolute atomic E-state index is 11.8. The molecule has 23 heavy (non-hydrogen) atoms. The third-order valence-electron chi connectivity index (χ3n) is 3.75. The summed E-state index contributed by atoms with van der Waals surface area (Å²) in [6, 6.07) is 7.46. The zero-order valence-electron chi connectivity index (χ0n) is 12.4. The highest BCUT2D eigenvalue weighted by Gasteiger charge is 2.15. The Hall–Kier alpha value is -3.22. The van der Waals surface area contributed by atoms with E-state index >= 15 is 0 Å². The van der Waals surface area contributed by atoms with E-state index in [0.717, 1.165) is 28.2 Å². The van der Waals surface area contributed by atoms with Crippen LogP contribution in [0.4, 0.5) is 0 Å². The molecule has 0 amide bonds. The van der Waals surface area contributed by atoms with Gasteiger partial charge in [-0.3, -0.25) is 9.55 Å². The Labute approximate surface area is 130 Å². The van der Waals surface area contributed by atoms with Crippen molar-refractivity contribution in [3.63, 3.8) is 0 Å². The van der Waals surface area contributed by atoms with Crippen molar-refractivity contribution in [2.45, 2.75) is 6.42 Å². The summed E-state index contributed by atoms with van der Waals surface area (Å²) in [4.78, 5) is 27.5. The Morgan fingerprint density at radius 1 is 1.35 bits per heavy atom.